The van der Waals surface area contributed by atoms with E-state index in [0.29, 0.717) is 25.4 Å². The first-order valence-corrected chi connectivity index (χ1v) is 9.14. The minimum atomic E-state index is -0.953. The summed E-state index contributed by atoms with van der Waals surface area (Å²) in [7, 11) is 1.74. The Balaban J connectivity index is 2.63. The van der Waals surface area contributed by atoms with Gasteiger partial charge in [-0.15, -0.1) is 0 Å². The van der Waals surface area contributed by atoms with Crippen LogP contribution in [0.25, 0.3) is 0 Å². The van der Waals surface area contributed by atoms with E-state index in [0.717, 1.165) is 11.9 Å². The SMILES string of the molecule is CC(C)CC(C)(O[B]C1=CCN(C(=O)OC(C)(C)C)CC1)C(C)(C)O. The number of hydrogen-bond acceptors (Lipinski definition) is 4. The third kappa shape index (κ3) is 7.02. The quantitative estimate of drug-likeness (QED) is 0.740. The van der Waals surface area contributed by atoms with Gasteiger partial charge in [0.2, 0.25) is 0 Å². The van der Waals surface area contributed by atoms with Crippen molar-refractivity contribution >= 4 is 13.6 Å². The van der Waals surface area contributed by atoms with Crippen LogP contribution in [0.5, 0.6) is 0 Å². The van der Waals surface area contributed by atoms with E-state index in [2.05, 4.69) is 13.8 Å². The van der Waals surface area contributed by atoms with Gasteiger partial charge in [-0.2, -0.15) is 0 Å². The molecule has 0 aromatic heterocycles. The average Bonchev–Trinajstić information content (AvgIpc) is 2.42. The molecule has 1 unspecified atom stereocenters. The van der Waals surface area contributed by atoms with Crippen LogP contribution in [0.2, 0.25) is 0 Å². The third-order valence-corrected chi connectivity index (χ3v) is 4.46. The zero-order valence-electron chi connectivity index (χ0n) is 17.2. The van der Waals surface area contributed by atoms with E-state index >= 15 is 0 Å². The molecule has 0 aromatic carbocycles. The lowest BCUT2D eigenvalue weighted by Gasteiger charge is -2.42. The van der Waals surface area contributed by atoms with Gasteiger partial charge >= 0.3 is 13.6 Å². The molecule has 1 heterocycles. The molecule has 0 saturated carbocycles. The number of carbonyl (C=O) groups is 1. The third-order valence-electron chi connectivity index (χ3n) is 4.46. The number of nitrogens with zero attached hydrogens (tertiary/aromatic N) is 1. The van der Waals surface area contributed by atoms with Crippen molar-refractivity contribution in [1.82, 2.24) is 4.90 Å². The topological polar surface area (TPSA) is 59.0 Å². The maximum Gasteiger partial charge on any atom is 0.410 e. The molecule has 0 spiro atoms. The van der Waals surface area contributed by atoms with Crippen molar-refractivity contribution in [2.75, 3.05) is 13.1 Å². The van der Waals surface area contributed by atoms with Gasteiger partial charge in [-0.1, -0.05) is 25.4 Å². The minimum Gasteiger partial charge on any atom is -0.444 e. The fourth-order valence-electron chi connectivity index (χ4n) is 2.71. The van der Waals surface area contributed by atoms with E-state index in [-0.39, 0.29) is 6.09 Å². The lowest BCUT2D eigenvalue weighted by atomic mass is 9.76. The second-order valence-electron chi connectivity index (χ2n) is 9.08. The fourth-order valence-corrected chi connectivity index (χ4v) is 2.71. The molecule has 0 aliphatic carbocycles. The molecule has 5 nitrogen and oxygen atoms in total. The monoisotopic (exact) mass is 352 g/mol. The van der Waals surface area contributed by atoms with Gasteiger partial charge in [0.15, 0.2) is 0 Å². The van der Waals surface area contributed by atoms with Gasteiger partial charge in [0.05, 0.1) is 11.2 Å². The van der Waals surface area contributed by atoms with Crippen LogP contribution in [0, 0.1) is 5.92 Å². The lowest BCUT2D eigenvalue weighted by Crippen LogP contribution is -2.51. The summed E-state index contributed by atoms with van der Waals surface area (Å²) < 4.78 is 11.4. The number of amides is 1. The number of rotatable bonds is 6. The molecule has 1 N–H and O–H groups in total. The van der Waals surface area contributed by atoms with Gasteiger partial charge in [0.1, 0.15) is 5.60 Å². The summed E-state index contributed by atoms with van der Waals surface area (Å²) in [6.07, 6.45) is 3.16. The Labute approximate surface area is 154 Å². The first kappa shape index (κ1) is 22.0. The predicted octanol–water partition coefficient (Wildman–Crippen LogP) is 3.72. The van der Waals surface area contributed by atoms with E-state index in [9.17, 15) is 9.90 Å². The van der Waals surface area contributed by atoms with Crippen LogP contribution in [-0.4, -0.2) is 53.5 Å². The highest BCUT2D eigenvalue weighted by Gasteiger charge is 2.41. The van der Waals surface area contributed by atoms with Crippen molar-refractivity contribution in [1.29, 1.82) is 0 Å². The number of carbonyl (C=O) groups excluding carboxylic acids is 1. The molecule has 0 bridgehead atoms. The van der Waals surface area contributed by atoms with Crippen LogP contribution < -0.4 is 0 Å². The Morgan fingerprint density at radius 2 is 1.88 bits per heavy atom. The van der Waals surface area contributed by atoms with Gasteiger partial charge in [-0.05, 0) is 60.3 Å². The molecule has 0 saturated heterocycles. The first-order valence-electron chi connectivity index (χ1n) is 9.14. The summed E-state index contributed by atoms with van der Waals surface area (Å²) in [5, 5.41) is 10.5. The molecular weight excluding hydrogens is 317 g/mol. The van der Waals surface area contributed by atoms with E-state index in [4.69, 9.17) is 9.39 Å². The Bertz CT molecular complexity index is 491. The molecule has 0 aromatic rings. The summed E-state index contributed by atoms with van der Waals surface area (Å²) >= 11 is 0. The van der Waals surface area contributed by atoms with E-state index in [1.54, 1.807) is 26.2 Å². The Kier molecular flexibility index (Phi) is 7.16. The standard InChI is InChI=1S/C19H35BNO4/c1-14(2)13-19(8,18(6,7)23)25-20-15-9-11-21(12-10-15)16(22)24-17(3,4)5/h9,14,23H,10-13H2,1-8H3. The highest BCUT2D eigenvalue weighted by atomic mass is 16.6. The average molecular weight is 352 g/mol. The molecule has 1 atom stereocenters. The predicted molar refractivity (Wildman–Crippen MR) is 102 cm³/mol. The summed E-state index contributed by atoms with van der Waals surface area (Å²) in [6, 6.07) is 0. The highest BCUT2D eigenvalue weighted by molar-refractivity contribution is 6.38. The Hall–Kier alpha value is -1.01. The molecule has 1 aliphatic heterocycles. The summed E-state index contributed by atoms with van der Waals surface area (Å²) in [6.45, 7) is 16.4. The number of hydrogen-bond donors (Lipinski definition) is 1. The second kappa shape index (κ2) is 8.13. The maximum absolute atomic E-state index is 12.1. The smallest absolute Gasteiger partial charge is 0.410 e. The molecule has 1 rings (SSSR count). The van der Waals surface area contributed by atoms with Crippen molar-refractivity contribution in [2.45, 2.75) is 85.0 Å². The Morgan fingerprint density at radius 1 is 1.28 bits per heavy atom. The van der Waals surface area contributed by atoms with E-state index in [1.807, 2.05) is 33.8 Å². The normalized spacial score (nSPS) is 18.6. The molecular formula is C19H35BNO4. The molecule has 1 radical (unpaired) electrons. The minimum absolute atomic E-state index is 0.287. The van der Waals surface area contributed by atoms with Crippen molar-refractivity contribution in [2.24, 2.45) is 5.92 Å². The highest BCUT2D eigenvalue weighted by Crippen LogP contribution is 2.32. The van der Waals surface area contributed by atoms with Crippen LogP contribution in [0.3, 0.4) is 0 Å². The van der Waals surface area contributed by atoms with E-state index in [1.165, 1.54) is 0 Å². The molecule has 25 heavy (non-hydrogen) atoms. The van der Waals surface area contributed by atoms with Gasteiger partial charge in [-0.3, -0.25) is 0 Å². The molecule has 143 valence electrons. The number of ether oxygens (including phenoxy) is 1. The van der Waals surface area contributed by atoms with Gasteiger partial charge in [0, 0.05) is 13.1 Å². The van der Waals surface area contributed by atoms with E-state index < -0.39 is 16.8 Å². The van der Waals surface area contributed by atoms with Crippen LogP contribution >= 0.6 is 0 Å². The molecule has 0 fully saturated rings. The van der Waals surface area contributed by atoms with Crippen molar-refractivity contribution < 1.29 is 19.3 Å². The second-order valence-corrected chi connectivity index (χ2v) is 9.08. The van der Waals surface area contributed by atoms with Gasteiger partial charge < -0.3 is 19.4 Å². The summed E-state index contributed by atoms with van der Waals surface area (Å²) in [5.74, 6) is 0.410. The lowest BCUT2D eigenvalue weighted by molar-refractivity contribution is -0.111. The molecule has 6 heteroatoms. The van der Waals surface area contributed by atoms with Gasteiger partial charge in [0.25, 0.3) is 0 Å². The molecule has 1 aliphatic rings. The van der Waals surface area contributed by atoms with Crippen molar-refractivity contribution in [3.63, 3.8) is 0 Å². The van der Waals surface area contributed by atoms with Crippen molar-refractivity contribution in [3.8, 4) is 0 Å². The Morgan fingerprint density at radius 3 is 2.28 bits per heavy atom. The molecule has 1 amide bonds. The summed E-state index contributed by atoms with van der Waals surface area (Å²) in [4.78, 5) is 13.8. The largest absolute Gasteiger partial charge is 0.444 e. The van der Waals surface area contributed by atoms with Crippen LogP contribution in [-0.2, 0) is 9.39 Å². The van der Waals surface area contributed by atoms with Gasteiger partial charge in [-0.25, -0.2) is 4.79 Å². The zero-order valence-corrected chi connectivity index (χ0v) is 17.2. The van der Waals surface area contributed by atoms with Crippen LogP contribution in [0.15, 0.2) is 11.5 Å². The van der Waals surface area contributed by atoms with Crippen LogP contribution in [0.4, 0.5) is 4.79 Å². The summed E-state index contributed by atoms with van der Waals surface area (Å²) in [5.41, 5.74) is -1.06. The maximum atomic E-state index is 12.1. The zero-order chi connectivity index (χ0) is 19.5. The van der Waals surface area contributed by atoms with Crippen LogP contribution in [0.1, 0.15) is 68.2 Å². The fraction of sp³-hybridized carbons (Fsp3) is 0.842. The first-order chi connectivity index (χ1) is 11.2. The number of aliphatic hydroxyl groups is 1. The van der Waals surface area contributed by atoms with Crippen molar-refractivity contribution in [3.05, 3.63) is 11.5 Å².